The summed E-state index contributed by atoms with van der Waals surface area (Å²) in [6.45, 7) is 5.73. The predicted molar refractivity (Wildman–Crippen MR) is 113 cm³/mol. The SMILES string of the molecule is CCOC(=O)Cn1c(C)c(Sc2ccc(Cl)cc2)c2cc(NC(C)=O)ccc21. The van der Waals surface area contributed by atoms with Crippen LogP contribution in [-0.4, -0.2) is 23.1 Å². The molecule has 0 fully saturated rings. The Bertz CT molecular complexity index is 1030. The van der Waals surface area contributed by atoms with E-state index in [9.17, 15) is 9.59 Å². The number of benzene rings is 2. The van der Waals surface area contributed by atoms with Crippen molar-refractivity contribution in [3.05, 3.63) is 53.2 Å². The highest BCUT2D eigenvalue weighted by atomic mass is 35.5. The molecule has 1 N–H and O–H groups in total. The summed E-state index contributed by atoms with van der Waals surface area (Å²) in [7, 11) is 0. The number of nitrogens with one attached hydrogen (secondary N) is 1. The predicted octanol–water partition coefficient (Wildman–Crippen LogP) is 5.28. The molecule has 0 bridgehead atoms. The fourth-order valence-corrected chi connectivity index (χ4v) is 4.19. The van der Waals surface area contributed by atoms with E-state index in [4.69, 9.17) is 16.3 Å². The van der Waals surface area contributed by atoms with Gasteiger partial charge in [0.05, 0.1) is 12.1 Å². The summed E-state index contributed by atoms with van der Waals surface area (Å²) < 4.78 is 7.08. The second-order valence-corrected chi connectivity index (χ2v) is 7.80. The van der Waals surface area contributed by atoms with E-state index in [2.05, 4.69) is 5.32 Å². The molecule has 0 unspecified atom stereocenters. The lowest BCUT2D eigenvalue weighted by Crippen LogP contribution is -2.14. The molecule has 7 heteroatoms. The number of nitrogens with zero attached hydrogens (tertiary/aromatic N) is 1. The Morgan fingerprint density at radius 1 is 1.18 bits per heavy atom. The molecule has 5 nitrogen and oxygen atoms in total. The van der Waals surface area contributed by atoms with E-state index in [1.54, 1.807) is 18.7 Å². The van der Waals surface area contributed by atoms with Crippen molar-refractivity contribution in [2.45, 2.75) is 37.1 Å². The molecule has 1 aromatic heterocycles. The van der Waals surface area contributed by atoms with E-state index in [1.165, 1.54) is 6.92 Å². The van der Waals surface area contributed by atoms with Crippen molar-refractivity contribution in [1.29, 1.82) is 0 Å². The van der Waals surface area contributed by atoms with E-state index in [0.717, 1.165) is 26.4 Å². The monoisotopic (exact) mass is 416 g/mol. The maximum atomic E-state index is 12.1. The number of esters is 1. The third kappa shape index (κ3) is 4.51. The van der Waals surface area contributed by atoms with Crippen LogP contribution in [0.1, 0.15) is 19.5 Å². The number of rotatable bonds is 6. The maximum absolute atomic E-state index is 12.1. The summed E-state index contributed by atoms with van der Waals surface area (Å²) in [5, 5.41) is 4.46. The minimum absolute atomic E-state index is 0.131. The minimum atomic E-state index is -0.281. The van der Waals surface area contributed by atoms with E-state index in [0.29, 0.717) is 17.3 Å². The number of anilines is 1. The standard InChI is InChI=1S/C21H21ClN2O3S/c1-4-27-20(26)12-24-13(2)21(28-17-8-5-15(22)6-9-17)18-11-16(23-14(3)25)7-10-19(18)24/h5-11H,4,12H2,1-3H3,(H,23,25). The van der Waals surface area contributed by atoms with Gasteiger partial charge in [0.15, 0.2) is 0 Å². The molecular weight excluding hydrogens is 396 g/mol. The Morgan fingerprint density at radius 2 is 1.89 bits per heavy atom. The van der Waals surface area contributed by atoms with Crippen LogP contribution in [0.25, 0.3) is 10.9 Å². The third-order valence-electron chi connectivity index (χ3n) is 4.21. The molecule has 1 amide bonds. The topological polar surface area (TPSA) is 60.3 Å². The van der Waals surface area contributed by atoms with Gasteiger partial charge in [0.25, 0.3) is 0 Å². The Balaban J connectivity index is 2.09. The van der Waals surface area contributed by atoms with Gasteiger partial charge < -0.3 is 14.6 Å². The number of hydrogen-bond acceptors (Lipinski definition) is 4. The van der Waals surface area contributed by atoms with Gasteiger partial charge in [-0.05, 0) is 56.3 Å². The number of amides is 1. The largest absolute Gasteiger partial charge is 0.465 e. The number of fused-ring (bicyclic) bond motifs is 1. The Morgan fingerprint density at radius 3 is 2.54 bits per heavy atom. The highest BCUT2D eigenvalue weighted by Crippen LogP contribution is 2.39. The second kappa shape index (κ2) is 8.71. The van der Waals surface area contributed by atoms with Gasteiger partial charge in [-0.15, -0.1) is 0 Å². The van der Waals surface area contributed by atoms with E-state index in [-0.39, 0.29) is 18.4 Å². The van der Waals surface area contributed by atoms with Gasteiger partial charge in [0.2, 0.25) is 5.91 Å². The molecule has 0 radical (unpaired) electrons. The average molecular weight is 417 g/mol. The van der Waals surface area contributed by atoms with Crippen LogP contribution < -0.4 is 5.32 Å². The maximum Gasteiger partial charge on any atom is 0.325 e. The Labute approximate surface area is 173 Å². The van der Waals surface area contributed by atoms with Crippen LogP contribution in [0.3, 0.4) is 0 Å². The van der Waals surface area contributed by atoms with Crippen LogP contribution >= 0.6 is 23.4 Å². The molecule has 146 valence electrons. The van der Waals surface area contributed by atoms with Gasteiger partial charge in [-0.3, -0.25) is 9.59 Å². The van der Waals surface area contributed by atoms with Gasteiger partial charge in [-0.25, -0.2) is 0 Å². The van der Waals surface area contributed by atoms with Gasteiger partial charge in [-0.2, -0.15) is 0 Å². The number of halogens is 1. The first-order chi connectivity index (χ1) is 13.4. The summed E-state index contributed by atoms with van der Waals surface area (Å²) in [5.74, 6) is -0.412. The quantitative estimate of drug-likeness (QED) is 0.555. The zero-order valence-electron chi connectivity index (χ0n) is 15.9. The lowest BCUT2D eigenvalue weighted by Gasteiger charge is -2.08. The van der Waals surface area contributed by atoms with Crippen LogP contribution in [0.2, 0.25) is 5.02 Å². The average Bonchev–Trinajstić information content (AvgIpc) is 2.88. The summed E-state index contributed by atoms with van der Waals surface area (Å²) in [4.78, 5) is 25.6. The molecule has 28 heavy (non-hydrogen) atoms. The molecule has 0 aliphatic carbocycles. The van der Waals surface area contributed by atoms with Gasteiger partial charge in [0, 0.05) is 38.5 Å². The van der Waals surface area contributed by atoms with E-state index in [1.807, 2.05) is 54.0 Å². The number of aromatic nitrogens is 1. The zero-order chi connectivity index (χ0) is 20.3. The first kappa shape index (κ1) is 20.3. The molecule has 2 aromatic carbocycles. The first-order valence-corrected chi connectivity index (χ1v) is 10.1. The first-order valence-electron chi connectivity index (χ1n) is 8.88. The number of carbonyl (C=O) groups is 2. The zero-order valence-corrected chi connectivity index (χ0v) is 17.5. The molecule has 0 aliphatic rings. The van der Waals surface area contributed by atoms with Gasteiger partial charge in [-0.1, -0.05) is 23.4 Å². The molecule has 3 aromatic rings. The molecular formula is C21H21ClN2O3S. The van der Waals surface area contributed by atoms with Gasteiger partial charge >= 0.3 is 5.97 Å². The number of carbonyl (C=O) groups excluding carboxylic acids is 2. The number of ether oxygens (including phenoxy) is 1. The molecule has 3 rings (SSSR count). The van der Waals surface area contributed by atoms with Crippen LogP contribution in [0.5, 0.6) is 0 Å². The summed E-state index contributed by atoms with van der Waals surface area (Å²) >= 11 is 7.59. The summed E-state index contributed by atoms with van der Waals surface area (Å²) in [6.07, 6.45) is 0. The highest BCUT2D eigenvalue weighted by Gasteiger charge is 2.18. The van der Waals surface area contributed by atoms with Crippen molar-refractivity contribution < 1.29 is 14.3 Å². The van der Waals surface area contributed by atoms with E-state index < -0.39 is 0 Å². The van der Waals surface area contributed by atoms with Crippen LogP contribution in [0, 0.1) is 6.92 Å². The lowest BCUT2D eigenvalue weighted by atomic mass is 10.2. The van der Waals surface area contributed by atoms with Gasteiger partial charge in [0.1, 0.15) is 6.54 Å². The summed E-state index contributed by atoms with van der Waals surface area (Å²) in [5.41, 5.74) is 2.59. The molecule has 0 spiro atoms. The highest BCUT2D eigenvalue weighted by molar-refractivity contribution is 7.99. The van der Waals surface area contributed by atoms with Crippen molar-refractivity contribution in [2.24, 2.45) is 0 Å². The van der Waals surface area contributed by atoms with Crippen molar-refractivity contribution >= 4 is 51.8 Å². The van der Waals surface area contributed by atoms with Crippen LogP contribution in [-0.2, 0) is 20.9 Å². The third-order valence-corrected chi connectivity index (χ3v) is 5.69. The van der Waals surface area contributed by atoms with Crippen molar-refractivity contribution in [3.8, 4) is 0 Å². The normalized spacial score (nSPS) is 10.9. The van der Waals surface area contributed by atoms with Crippen molar-refractivity contribution in [2.75, 3.05) is 11.9 Å². The molecule has 0 saturated carbocycles. The lowest BCUT2D eigenvalue weighted by molar-refractivity contribution is -0.143. The van der Waals surface area contributed by atoms with Crippen LogP contribution in [0.15, 0.2) is 52.3 Å². The van der Waals surface area contributed by atoms with E-state index >= 15 is 0 Å². The second-order valence-electron chi connectivity index (χ2n) is 6.27. The fraction of sp³-hybridized carbons (Fsp3) is 0.238. The van der Waals surface area contributed by atoms with Crippen molar-refractivity contribution in [1.82, 2.24) is 4.57 Å². The summed E-state index contributed by atoms with van der Waals surface area (Å²) in [6, 6.07) is 13.3. The number of hydrogen-bond donors (Lipinski definition) is 1. The molecule has 1 heterocycles. The molecule has 0 aliphatic heterocycles. The smallest absolute Gasteiger partial charge is 0.325 e. The fourth-order valence-electron chi connectivity index (χ4n) is 3.02. The Hall–Kier alpha value is -2.44. The van der Waals surface area contributed by atoms with Crippen LogP contribution in [0.4, 0.5) is 5.69 Å². The van der Waals surface area contributed by atoms with Crippen molar-refractivity contribution in [3.63, 3.8) is 0 Å². The molecule has 0 saturated heterocycles. The Kier molecular flexibility index (Phi) is 6.31. The minimum Gasteiger partial charge on any atom is -0.465 e. The molecule has 0 atom stereocenters.